The molecule has 9 atom stereocenters. The van der Waals surface area contributed by atoms with Gasteiger partial charge in [-0.3, -0.25) is 4.79 Å². The number of ether oxygens (including phenoxy) is 1. The summed E-state index contributed by atoms with van der Waals surface area (Å²) in [6.45, 7) is 9.35. The van der Waals surface area contributed by atoms with Crippen LogP contribution >= 0.6 is 0 Å². The van der Waals surface area contributed by atoms with Gasteiger partial charge in [0.15, 0.2) is 11.5 Å². The zero-order chi connectivity index (χ0) is 24.7. The van der Waals surface area contributed by atoms with Crippen molar-refractivity contribution < 1.29 is 28.5 Å². The number of alkyl halides is 2. The first kappa shape index (κ1) is 23.4. The van der Waals surface area contributed by atoms with Crippen molar-refractivity contribution in [3.63, 3.8) is 0 Å². The van der Waals surface area contributed by atoms with Crippen molar-refractivity contribution in [1.29, 1.82) is 0 Å². The quantitative estimate of drug-likeness (QED) is 0.619. The number of rotatable bonds is 3. The summed E-state index contributed by atoms with van der Waals surface area (Å²) in [5, 5.41) is 23.5. The monoisotopic (exact) mass is 470 g/mol. The van der Waals surface area contributed by atoms with E-state index in [4.69, 9.17) is 4.74 Å². The van der Waals surface area contributed by atoms with Gasteiger partial charge >= 0.3 is 0 Å². The molecule has 6 heteroatoms. The van der Waals surface area contributed by atoms with E-state index >= 15 is 8.78 Å². The van der Waals surface area contributed by atoms with Crippen LogP contribution in [-0.4, -0.2) is 39.5 Å². The SMILES string of the molecule is C=C(Oc1ccccc1)[C@@]1(O)[C@H](C)C[C@H]2[C@@H]3C[C@H](F)C4=CC(=O)C=C[C@]4(C)[C@@]3(F)[C@@H](O)C[C@@]21C. The van der Waals surface area contributed by atoms with Crippen LogP contribution in [0.1, 0.15) is 40.0 Å². The predicted molar refractivity (Wildman–Crippen MR) is 124 cm³/mol. The third-order valence-electron chi connectivity index (χ3n) is 9.62. The first-order chi connectivity index (χ1) is 15.9. The van der Waals surface area contributed by atoms with Crippen LogP contribution in [0.25, 0.3) is 0 Å². The highest BCUT2D eigenvalue weighted by molar-refractivity contribution is 6.01. The van der Waals surface area contributed by atoms with Gasteiger partial charge in [-0.25, -0.2) is 8.78 Å². The van der Waals surface area contributed by atoms with Crippen molar-refractivity contribution in [1.82, 2.24) is 0 Å². The summed E-state index contributed by atoms with van der Waals surface area (Å²) >= 11 is 0. The standard InChI is InChI=1S/C28H32F2O4/c1-16-12-20-21-14-23(29)22-13-18(31)10-11-25(22,3)27(21,30)24(32)15-26(20,4)28(16,33)17(2)34-19-8-6-5-7-9-19/h5-11,13,16,20-21,23-24,32-33H,2,12,14-15H2,1,3-4H3/t16-,20+,21+,23+,24+,25+,26+,27+,28+/m1/s1. The summed E-state index contributed by atoms with van der Waals surface area (Å²) < 4.78 is 38.7. The minimum absolute atomic E-state index is 0.0374. The van der Waals surface area contributed by atoms with Crippen LogP contribution in [0.4, 0.5) is 8.78 Å². The second kappa shape index (κ2) is 7.34. The molecule has 0 aliphatic heterocycles. The molecule has 0 saturated heterocycles. The highest BCUT2D eigenvalue weighted by atomic mass is 19.1. The van der Waals surface area contributed by atoms with Crippen LogP contribution in [0.5, 0.6) is 5.75 Å². The number of hydrogen-bond acceptors (Lipinski definition) is 4. The average molecular weight is 471 g/mol. The summed E-state index contributed by atoms with van der Waals surface area (Å²) in [4.78, 5) is 12.0. The fraction of sp³-hybridized carbons (Fsp3) is 0.536. The Morgan fingerprint density at radius 1 is 1.18 bits per heavy atom. The summed E-state index contributed by atoms with van der Waals surface area (Å²) in [5.74, 6) is -1.31. The number of allylic oxidation sites excluding steroid dienone is 4. The number of aliphatic hydroxyl groups excluding tert-OH is 1. The van der Waals surface area contributed by atoms with E-state index < -0.39 is 46.2 Å². The lowest BCUT2D eigenvalue weighted by atomic mass is 9.44. The van der Waals surface area contributed by atoms with Crippen LogP contribution in [0.15, 0.2) is 66.5 Å². The lowest BCUT2D eigenvalue weighted by molar-refractivity contribution is -0.221. The number of carbonyl (C=O) groups is 1. The number of carbonyl (C=O) groups excluding carboxylic acids is 1. The molecule has 1 aromatic carbocycles. The summed E-state index contributed by atoms with van der Waals surface area (Å²) in [6, 6.07) is 9.00. The van der Waals surface area contributed by atoms with Crippen molar-refractivity contribution in [3.05, 3.63) is 66.5 Å². The van der Waals surface area contributed by atoms with Gasteiger partial charge in [0.1, 0.15) is 23.3 Å². The molecule has 0 amide bonds. The zero-order valence-electron chi connectivity index (χ0n) is 19.8. The minimum Gasteiger partial charge on any atom is -0.459 e. The molecular weight excluding hydrogens is 438 g/mol. The van der Waals surface area contributed by atoms with Gasteiger partial charge in [-0.1, -0.05) is 44.7 Å². The Balaban J connectivity index is 1.57. The van der Waals surface area contributed by atoms with E-state index in [0.29, 0.717) is 12.2 Å². The maximum Gasteiger partial charge on any atom is 0.178 e. The molecule has 3 saturated carbocycles. The Morgan fingerprint density at radius 3 is 2.53 bits per heavy atom. The summed E-state index contributed by atoms with van der Waals surface area (Å²) in [5.41, 5.74) is -6.04. The molecule has 0 heterocycles. The normalized spacial score (nSPS) is 47.3. The molecule has 1 aromatic rings. The second-order valence-electron chi connectivity index (χ2n) is 11.1. The average Bonchev–Trinajstić information content (AvgIpc) is 2.99. The molecule has 0 bridgehead atoms. The van der Waals surface area contributed by atoms with Gasteiger partial charge < -0.3 is 14.9 Å². The van der Waals surface area contributed by atoms with Crippen molar-refractivity contribution in [2.75, 3.05) is 0 Å². The Hall–Kier alpha value is -2.31. The molecule has 0 aromatic heterocycles. The van der Waals surface area contributed by atoms with Crippen molar-refractivity contribution in [2.24, 2.45) is 28.6 Å². The van der Waals surface area contributed by atoms with E-state index in [9.17, 15) is 15.0 Å². The first-order valence-corrected chi connectivity index (χ1v) is 12.0. The molecule has 182 valence electrons. The fourth-order valence-electron chi connectivity index (χ4n) is 7.84. The topological polar surface area (TPSA) is 66.8 Å². The second-order valence-corrected chi connectivity index (χ2v) is 11.1. The van der Waals surface area contributed by atoms with Gasteiger partial charge in [-0.05, 0) is 67.9 Å². The smallest absolute Gasteiger partial charge is 0.178 e. The minimum atomic E-state index is -2.17. The number of ketones is 1. The van der Waals surface area contributed by atoms with Gasteiger partial charge in [-0.2, -0.15) is 0 Å². The molecule has 2 N–H and O–H groups in total. The number of hydrogen-bond donors (Lipinski definition) is 2. The molecule has 0 spiro atoms. The highest BCUT2D eigenvalue weighted by Gasteiger charge is 2.76. The number of para-hydroxylation sites is 1. The van der Waals surface area contributed by atoms with E-state index in [-0.39, 0.29) is 35.9 Å². The number of halogens is 2. The van der Waals surface area contributed by atoms with Crippen LogP contribution < -0.4 is 4.74 Å². The van der Waals surface area contributed by atoms with Gasteiger partial charge in [-0.15, -0.1) is 0 Å². The molecule has 4 aliphatic rings. The molecule has 0 unspecified atom stereocenters. The highest BCUT2D eigenvalue weighted by Crippen LogP contribution is 2.71. The van der Waals surface area contributed by atoms with Gasteiger partial charge in [0.05, 0.1) is 6.10 Å². The Kier molecular flexibility index (Phi) is 5.06. The number of aliphatic hydroxyl groups is 2. The molecule has 4 aliphatic carbocycles. The molecule has 3 fully saturated rings. The molecular formula is C28H32F2O4. The lowest BCUT2D eigenvalue weighted by Crippen LogP contribution is -2.70. The van der Waals surface area contributed by atoms with Crippen molar-refractivity contribution in [3.8, 4) is 5.75 Å². The fourth-order valence-corrected chi connectivity index (χ4v) is 7.84. The van der Waals surface area contributed by atoms with Crippen LogP contribution in [0.3, 0.4) is 0 Å². The first-order valence-electron chi connectivity index (χ1n) is 12.0. The van der Waals surface area contributed by atoms with Crippen LogP contribution in [-0.2, 0) is 4.79 Å². The van der Waals surface area contributed by atoms with Crippen LogP contribution in [0, 0.1) is 28.6 Å². The van der Waals surface area contributed by atoms with Gasteiger partial charge in [0, 0.05) is 16.7 Å². The Bertz CT molecular complexity index is 1100. The third kappa shape index (κ3) is 2.73. The summed E-state index contributed by atoms with van der Waals surface area (Å²) in [7, 11) is 0. The maximum atomic E-state index is 17.2. The third-order valence-corrected chi connectivity index (χ3v) is 9.62. The van der Waals surface area contributed by atoms with Gasteiger partial charge in [0.25, 0.3) is 0 Å². The molecule has 5 rings (SSSR count). The van der Waals surface area contributed by atoms with Crippen LogP contribution in [0.2, 0.25) is 0 Å². The largest absolute Gasteiger partial charge is 0.459 e. The van der Waals surface area contributed by atoms with E-state index in [0.717, 1.165) is 0 Å². The van der Waals surface area contributed by atoms with Crippen molar-refractivity contribution in [2.45, 2.75) is 63.6 Å². The Morgan fingerprint density at radius 2 is 1.85 bits per heavy atom. The number of benzene rings is 1. The predicted octanol–water partition coefficient (Wildman–Crippen LogP) is 4.88. The lowest BCUT2D eigenvalue weighted by Gasteiger charge is -2.63. The van der Waals surface area contributed by atoms with E-state index in [1.165, 1.54) is 18.2 Å². The zero-order valence-corrected chi connectivity index (χ0v) is 19.8. The molecule has 0 radical (unpaired) electrons. The van der Waals surface area contributed by atoms with E-state index in [1.807, 2.05) is 32.0 Å². The van der Waals surface area contributed by atoms with E-state index in [2.05, 4.69) is 6.58 Å². The maximum absolute atomic E-state index is 17.2. The van der Waals surface area contributed by atoms with Gasteiger partial charge in [0.2, 0.25) is 0 Å². The number of fused-ring (bicyclic) bond motifs is 5. The molecule has 4 nitrogen and oxygen atoms in total. The van der Waals surface area contributed by atoms with E-state index in [1.54, 1.807) is 19.1 Å². The molecule has 34 heavy (non-hydrogen) atoms. The summed E-state index contributed by atoms with van der Waals surface area (Å²) in [6.07, 6.45) is 1.16. The Labute approximate surface area is 199 Å². The van der Waals surface area contributed by atoms with Crippen molar-refractivity contribution >= 4 is 5.78 Å².